The van der Waals surface area contributed by atoms with E-state index < -0.39 is 0 Å². The second-order valence-electron chi connectivity index (χ2n) is 8.12. The molecule has 0 saturated carbocycles. The lowest BCUT2D eigenvalue weighted by Gasteiger charge is -2.44. The van der Waals surface area contributed by atoms with Crippen LogP contribution in [-0.2, 0) is 11.2 Å². The Morgan fingerprint density at radius 3 is 2.69 bits per heavy atom. The first-order valence-corrected chi connectivity index (χ1v) is 10.8. The number of hydrogen-bond acceptors (Lipinski definition) is 5. The number of piperazine rings is 1. The van der Waals surface area contributed by atoms with Gasteiger partial charge in [0.2, 0.25) is 5.91 Å². The number of hydrogen-bond donors (Lipinski definition) is 0. The van der Waals surface area contributed by atoms with Crippen molar-refractivity contribution < 1.29 is 9.32 Å². The fourth-order valence-electron chi connectivity index (χ4n) is 4.51. The van der Waals surface area contributed by atoms with E-state index in [0.29, 0.717) is 12.5 Å². The fourth-order valence-corrected chi connectivity index (χ4v) is 4.70. The summed E-state index contributed by atoms with van der Waals surface area (Å²) in [7, 11) is 0. The lowest BCUT2D eigenvalue weighted by molar-refractivity contribution is -0.132. The van der Waals surface area contributed by atoms with E-state index in [-0.39, 0.29) is 5.91 Å². The molecule has 4 rings (SSSR count). The highest BCUT2D eigenvalue weighted by molar-refractivity contribution is 6.30. The first-order chi connectivity index (χ1) is 14.0. The number of anilines is 1. The van der Waals surface area contributed by atoms with Crippen molar-refractivity contribution in [3.8, 4) is 0 Å². The maximum Gasteiger partial charge on any atom is 0.227 e. The molecule has 29 heavy (non-hydrogen) atoms. The summed E-state index contributed by atoms with van der Waals surface area (Å²) in [5.41, 5.74) is 2.95. The van der Waals surface area contributed by atoms with Crippen molar-refractivity contribution >= 4 is 23.2 Å². The lowest BCUT2D eigenvalue weighted by Crippen LogP contribution is -2.56. The average molecular weight is 417 g/mol. The minimum Gasteiger partial charge on any atom is -0.369 e. The van der Waals surface area contributed by atoms with Gasteiger partial charge in [-0.2, -0.15) is 0 Å². The van der Waals surface area contributed by atoms with Gasteiger partial charge in [-0.3, -0.25) is 9.69 Å². The Balaban J connectivity index is 1.32. The van der Waals surface area contributed by atoms with Crippen LogP contribution in [0.3, 0.4) is 0 Å². The minimum atomic E-state index is 0.182. The summed E-state index contributed by atoms with van der Waals surface area (Å²) >= 11 is 6.15. The van der Waals surface area contributed by atoms with E-state index in [1.165, 1.54) is 5.69 Å². The van der Waals surface area contributed by atoms with E-state index >= 15 is 0 Å². The first kappa shape index (κ1) is 20.2. The molecule has 2 aromatic rings. The van der Waals surface area contributed by atoms with Crippen LogP contribution in [0.4, 0.5) is 5.69 Å². The number of benzene rings is 1. The average Bonchev–Trinajstić information content (AvgIpc) is 3.06. The second-order valence-corrected chi connectivity index (χ2v) is 8.55. The van der Waals surface area contributed by atoms with Gasteiger partial charge < -0.3 is 14.3 Å². The smallest absolute Gasteiger partial charge is 0.227 e. The van der Waals surface area contributed by atoms with Crippen LogP contribution >= 0.6 is 11.6 Å². The first-order valence-electron chi connectivity index (χ1n) is 10.5. The van der Waals surface area contributed by atoms with Gasteiger partial charge in [0, 0.05) is 61.6 Å². The summed E-state index contributed by atoms with van der Waals surface area (Å²) in [6.07, 6.45) is 2.61. The van der Waals surface area contributed by atoms with Gasteiger partial charge in [-0.25, -0.2) is 0 Å². The van der Waals surface area contributed by atoms with Gasteiger partial charge in [0.25, 0.3) is 0 Å². The largest absolute Gasteiger partial charge is 0.369 e. The van der Waals surface area contributed by atoms with Gasteiger partial charge in [-0.1, -0.05) is 22.8 Å². The number of aromatic nitrogens is 1. The molecule has 0 N–H and O–H groups in total. The standard InChI is InChI=1S/C22H29ClN4O2/c1-16-21(17(2)29-24-16)14-22(28)27-8-4-7-20(15-27)26-11-9-25(10-12-26)19-6-3-5-18(23)13-19/h3,5-6,13,20H,4,7-12,14-15H2,1-2H3/t20-/m0/s1. The molecule has 2 aliphatic heterocycles. The summed E-state index contributed by atoms with van der Waals surface area (Å²) < 4.78 is 5.21. The molecule has 0 spiro atoms. The Hall–Kier alpha value is -2.05. The molecule has 1 aromatic carbocycles. The molecule has 2 fully saturated rings. The highest BCUT2D eigenvalue weighted by Crippen LogP contribution is 2.24. The predicted octanol–water partition coefficient (Wildman–Crippen LogP) is 3.30. The van der Waals surface area contributed by atoms with Crippen molar-refractivity contribution in [1.82, 2.24) is 15.0 Å². The topological polar surface area (TPSA) is 52.8 Å². The Morgan fingerprint density at radius 2 is 2.00 bits per heavy atom. The molecule has 0 radical (unpaired) electrons. The number of aryl methyl sites for hydroxylation is 2. The van der Waals surface area contributed by atoms with Crippen molar-refractivity contribution in [1.29, 1.82) is 0 Å². The Morgan fingerprint density at radius 1 is 1.21 bits per heavy atom. The zero-order chi connectivity index (χ0) is 20.4. The van der Waals surface area contributed by atoms with Crippen LogP contribution in [-0.4, -0.2) is 66.2 Å². The predicted molar refractivity (Wildman–Crippen MR) is 115 cm³/mol. The third-order valence-electron chi connectivity index (χ3n) is 6.26. The van der Waals surface area contributed by atoms with Crippen molar-refractivity contribution in [2.75, 3.05) is 44.2 Å². The molecule has 0 aliphatic carbocycles. The third kappa shape index (κ3) is 4.59. The van der Waals surface area contributed by atoms with Crippen molar-refractivity contribution in [3.05, 3.63) is 46.3 Å². The van der Waals surface area contributed by atoms with Crippen LogP contribution in [0.5, 0.6) is 0 Å². The summed E-state index contributed by atoms with van der Waals surface area (Å²) in [6, 6.07) is 8.52. The number of piperidine rings is 1. The normalized spacial score (nSPS) is 20.9. The molecule has 0 unspecified atom stereocenters. The van der Waals surface area contributed by atoms with E-state index in [2.05, 4.69) is 21.0 Å². The van der Waals surface area contributed by atoms with Crippen LogP contribution in [0.25, 0.3) is 0 Å². The molecule has 3 heterocycles. The van der Waals surface area contributed by atoms with E-state index in [1.807, 2.05) is 36.9 Å². The molecular formula is C22H29ClN4O2. The summed E-state index contributed by atoms with van der Waals surface area (Å²) in [5, 5.41) is 4.76. The van der Waals surface area contributed by atoms with Gasteiger partial charge in [0.05, 0.1) is 12.1 Å². The fraction of sp³-hybridized carbons (Fsp3) is 0.545. The number of rotatable bonds is 4. The van der Waals surface area contributed by atoms with Crippen molar-refractivity contribution in [2.45, 2.75) is 39.2 Å². The molecule has 156 valence electrons. The lowest BCUT2D eigenvalue weighted by atomic mass is 10.0. The summed E-state index contributed by atoms with van der Waals surface area (Å²) in [4.78, 5) is 19.9. The molecule has 1 aromatic heterocycles. The minimum absolute atomic E-state index is 0.182. The van der Waals surface area contributed by atoms with E-state index in [9.17, 15) is 4.79 Å². The molecule has 0 bridgehead atoms. The van der Waals surface area contributed by atoms with Crippen LogP contribution in [0.1, 0.15) is 29.9 Å². The molecule has 1 amide bonds. The maximum atomic E-state index is 12.9. The quantitative estimate of drug-likeness (QED) is 0.765. The monoisotopic (exact) mass is 416 g/mol. The number of amides is 1. The molecule has 1 atom stereocenters. The van der Waals surface area contributed by atoms with Gasteiger partial charge in [0.15, 0.2) is 0 Å². The molecular weight excluding hydrogens is 388 g/mol. The third-order valence-corrected chi connectivity index (χ3v) is 6.50. The molecule has 6 nitrogen and oxygen atoms in total. The zero-order valence-corrected chi connectivity index (χ0v) is 18.0. The van der Waals surface area contributed by atoms with Gasteiger partial charge in [-0.05, 0) is 44.9 Å². The summed E-state index contributed by atoms with van der Waals surface area (Å²) in [5.74, 6) is 0.934. The number of likely N-dealkylation sites (tertiary alicyclic amines) is 1. The number of halogens is 1. The van der Waals surface area contributed by atoms with E-state index in [4.69, 9.17) is 16.1 Å². The summed E-state index contributed by atoms with van der Waals surface area (Å²) in [6.45, 7) is 9.46. The maximum absolute atomic E-state index is 12.9. The van der Waals surface area contributed by atoms with Crippen molar-refractivity contribution in [3.63, 3.8) is 0 Å². The van der Waals surface area contributed by atoms with Gasteiger partial charge in [-0.15, -0.1) is 0 Å². The van der Waals surface area contributed by atoms with Crippen LogP contribution in [0, 0.1) is 13.8 Å². The highest BCUT2D eigenvalue weighted by Gasteiger charge is 2.30. The molecule has 2 saturated heterocycles. The van der Waals surface area contributed by atoms with Gasteiger partial charge >= 0.3 is 0 Å². The number of carbonyl (C=O) groups excluding carboxylic acids is 1. The number of carbonyl (C=O) groups is 1. The SMILES string of the molecule is Cc1noc(C)c1CC(=O)N1CCC[C@H](N2CCN(c3cccc(Cl)c3)CC2)C1. The van der Waals surface area contributed by atoms with Crippen LogP contribution in [0.2, 0.25) is 5.02 Å². The van der Waals surface area contributed by atoms with E-state index in [0.717, 1.165) is 74.2 Å². The molecule has 7 heteroatoms. The number of nitrogens with zero attached hydrogens (tertiary/aromatic N) is 4. The Labute approximate surface area is 177 Å². The zero-order valence-electron chi connectivity index (χ0n) is 17.2. The van der Waals surface area contributed by atoms with E-state index in [1.54, 1.807) is 0 Å². The Bertz CT molecular complexity index is 841. The van der Waals surface area contributed by atoms with Crippen LogP contribution < -0.4 is 4.90 Å². The second kappa shape index (κ2) is 8.76. The molecule has 2 aliphatic rings. The Kier molecular flexibility index (Phi) is 6.11. The highest BCUT2D eigenvalue weighted by atomic mass is 35.5. The van der Waals surface area contributed by atoms with Gasteiger partial charge in [0.1, 0.15) is 5.76 Å². The van der Waals surface area contributed by atoms with Crippen molar-refractivity contribution in [2.24, 2.45) is 0 Å². The van der Waals surface area contributed by atoms with Crippen LogP contribution in [0.15, 0.2) is 28.8 Å².